The number of carbonyl (C=O) groups excluding carboxylic acids is 4. The Balaban J connectivity index is 1.52. The summed E-state index contributed by atoms with van der Waals surface area (Å²) in [7, 11) is 1.57. The number of methoxy groups -OCH3 is 1. The minimum Gasteiger partial charge on any atom is -0.497 e. The van der Waals surface area contributed by atoms with Crippen molar-refractivity contribution in [3.63, 3.8) is 0 Å². The van der Waals surface area contributed by atoms with E-state index in [0.717, 1.165) is 16.7 Å². The van der Waals surface area contributed by atoms with Gasteiger partial charge in [0.05, 0.1) is 26.6 Å². The smallest absolute Gasteiger partial charge is 0.246 e. The highest BCUT2D eigenvalue weighted by Crippen LogP contribution is 2.24. The van der Waals surface area contributed by atoms with Gasteiger partial charge in [-0.1, -0.05) is 53.5 Å². The van der Waals surface area contributed by atoms with E-state index in [-0.39, 0.29) is 56.8 Å². The number of piperazine rings is 1. The third-order valence-electron chi connectivity index (χ3n) is 7.74. The van der Waals surface area contributed by atoms with Crippen molar-refractivity contribution in [2.75, 3.05) is 39.8 Å². The van der Waals surface area contributed by atoms with Crippen LogP contribution >= 0.6 is 23.2 Å². The zero-order chi connectivity index (χ0) is 32.5. The summed E-state index contributed by atoms with van der Waals surface area (Å²) in [6.07, 6.45) is 0.832. The summed E-state index contributed by atoms with van der Waals surface area (Å²) in [6, 6.07) is 17.2. The molecule has 3 aromatic carbocycles. The fraction of sp³-hybridized carbons (Fsp3) is 0.333. The van der Waals surface area contributed by atoms with E-state index in [2.05, 4.69) is 0 Å². The van der Waals surface area contributed by atoms with Crippen molar-refractivity contribution >= 4 is 46.8 Å². The molecule has 0 bridgehead atoms. The molecule has 9 nitrogen and oxygen atoms in total. The van der Waals surface area contributed by atoms with Crippen LogP contribution in [-0.2, 0) is 38.4 Å². The molecule has 1 heterocycles. The molecule has 238 valence electrons. The molecule has 12 heteroatoms. The van der Waals surface area contributed by atoms with Gasteiger partial charge in [0.2, 0.25) is 23.6 Å². The fourth-order valence-electron chi connectivity index (χ4n) is 5.23. The molecule has 1 aliphatic heterocycles. The molecular formula is C33H35Cl2FN4O5. The molecule has 4 amide bonds. The Kier molecular flexibility index (Phi) is 11.8. The molecule has 3 aromatic rings. The highest BCUT2D eigenvalue weighted by molar-refractivity contribution is 6.35. The number of rotatable bonds is 14. The van der Waals surface area contributed by atoms with Gasteiger partial charge >= 0.3 is 0 Å². The fourth-order valence-corrected chi connectivity index (χ4v) is 5.73. The first-order valence-electron chi connectivity index (χ1n) is 14.5. The van der Waals surface area contributed by atoms with E-state index in [1.54, 1.807) is 49.6 Å². The minimum absolute atomic E-state index is 0.146. The third kappa shape index (κ3) is 9.42. The monoisotopic (exact) mass is 656 g/mol. The summed E-state index contributed by atoms with van der Waals surface area (Å²) in [5.74, 6) is -1.58. The van der Waals surface area contributed by atoms with Crippen molar-refractivity contribution in [3.8, 4) is 5.75 Å². The quantitative estimate of drug-likeness (QED) is 0.283. The molecule has 1 saturated heterocycles. The topological polar surface area (TPSA) is 113 Å². The van der Waals surface area contributed by atoms with Crippen molar-refractivity contribution < 1.29 is 28.3 Å². The van der Waals surface area contributed by atoms with Crippen LogP contribution in [0.15, 0.2) is 66.7 Å². The van der Waals surface area contributed by atoms with Gasteiger partial charge in [-0.2, -0.15) is 0 Å². The molecule has 1 unspecified atom stereocenters. The van der Waals surface area contributed by atoms with E-state index in [9.17, 15) is 23.6 Å². The number of nitrogens with two attached hydrogens (primary N) is 1. The lowest BCUT2D eigenvalue weighted by molar-refractivity contribution is -0.158. The molecule has 1 fully saturated rings. The van der Waals surface area contributed by atoms with Gasteiger partial charge in [0.25, 0.3) is 0 Å². The predicted octanol–water partition coefficient (Wildman–Crippen LogP) is 3.91. The summed E-state index contributed by atoms with van der Waals surface area (Å²) >= 11 is 12.3. The molecule has 0 radical (unpaired) electrons. The van der Waals surface area contributed by atoms with E-state index in [0.29, 0.717) is 35.1 Å². The number of benzene rings is 3. The number of hydrogen-bond donors (Lipinski definition) is 1. The Bertz CT molecular complexity index is 1520. The lowest BCUT2D eigenvalue weighted by Gasteiger charge is -2.41. The predicted molar refractivity (Wildman–Crippen MR) is 169 cm³/mol. The molecule has 1 aliphatic rings. The third-order valence-corrected chi connectivity index (χ3v) is 8.32. The van der Waals surface area contributed by atoms with E-state index in [1.807, 2.05) is 12.1 Å². The number of nitrogens with zero attached hydrogens (tertiary/aromatic N) is 3. The van der Waals surface area contributed by atoms with Crippen LogP contribution in [0.1, 0.15) is 23.1 Å². The number of primary amides is 1. The Labute approximate surface area is 271 Å². The Morgan fingerprint density at radius 3 is 2.27 bits per heavy atom. The van der Waals surface area contributed by atoms with Crippen molar-refractivity contribution in [2.24, 2.45) is 5.73 Å². The van der Waals surface area contributed by atoms with Crippen LogP contribution in [0.5, 0.6) is 5.75 Å². The second-order valence-corrected chi connectivity index (χ2v) is 11.7. The normalized spacial score (nSPS) is 14.9. The maximum atomic E-state index is 13.9. The van der Waals surface area contributed by atoms with Gasteiger partial charge in [0.15, 0.2) is 0 Å². The highest BCUT2D eigenvalue weighted by atomic mass is 35.5. The summed E-state index contributed by atoms with van der Waals surface area (Å²) in [5, 5.41) is 0.931. The molecule has 45 heavy (non-hydrogen) atoms. The standard InChI is InChI=1S/C33H35Cl2FN4O5/c1-45-27-10-4-23(5-11-27)12-15-38(20-30(37)41)31(42)19-29-33(44)39(16-14-24-6-7-25(34)18-28(24)35)21-32(43)40(29)17-13-22-2-8-26(36)9-3-22/h2-11,18,29H,12-17,19-21H2,1H3,(H2,37,41). The molecule has 0 saturated carbocycles. The van der Waals surface area contributed by atoms with Gasteiger partial charge in [-0.15, -0.1) is 0 Å². The van der Waals surface area contributed by atoms with Crippen molar-refractivity contribution in [2.45, 2.75) is 31.7 Å². The van der Waals surface area contributed by atoms with Crippen LogP contribution in [-0.4, -0.2) is 84.2 Å². The first kappa shape index (κ1) is 33.7. The van der Waals surface area contributed by atoms with Crippen LogP contribution < -0.4 is 10.5 Å². The van der Waals surface area contributed by atoms with E-state index in [1.165, 1.54) is 26.8 Å². The molecule has 4 rings (SSSR count). The molecular weight excluding hydrogens is 622 g/mol. The average Bonchev–Trinajstić information content (AvgIpc) is 3.01. The van der Waals surface area contributed by atoms with Crippen LogP contribution in [0.2, 0.25) is 10.0 Å². The van der Waals surface area contributed by atoms with Gasteiger partial charge in [-0.3, -0.25) is 19.2 Å². The van der Waals surface area contributed by atoms with Gasteiger partial charge < -0.3 is 25.2 Å². The summed E-state index contributed by atoms with van der Waals surface area (Å²) in [4.78, 5) is 57.1. The molecule has 0 aliphatic carbocycles. The highest BCUT2D eigenvalue weighted by Gasteiger charge is 2.40. The van der Waals surface area contributed by atoms with Crippen molar-refractivity contribution in [1.82, 2.24) is 14.7 Å². The zero-order valence-corrected chi connectivity index (χ0v) is 26.4. The number of carbonyl (C=O) groups is 4. The largest absolute Gasteiger partial charge is 0.497 e. The summed E-state index contributed by atoms with van der Waals surface area (Å²) < 4.78 is 18.6. The lowest BCUT2D eigenvalue weighted by atomic mass is 10.0. The molecule has 2 N–H and O–H groups in total. The van der Waals surface area contributed by atoms with Crippen molar-refractivity contribution in [3.05, 3.63) is 99.3 Å². The first-order valence-corrected chi connectivity index (χ1v) is 15.2. The Morgan fingerprint density at radius 1 is 0.956 bits per heavy atom. The lowest BCUT2D eigenvalue weighted by Crippen LogP contribution is -2.61. The van der Waals surface area contributed by atoms with Gasteiger partial charge in [-0.25, -0.2) is 4.39 Å². The van der Waals surface area contributed by atoms with Gasteiger partial charge in [0, 0.05) is 29.7 Å². The molecule has 0 aromatic heterocycles. The van der Waals surface area contributed by atoms with Crippen LogP contribution in [0.25, 0.3) is 0 Å². The minimum atomic E-state index is -1.10. The second-order valence-electron chi connectivity index (χ2n) is 10.8. The second kappa shape index (κ2) is 15.7. The Hall–Kier alpha value is -4.15. The Morgan fingerprint density at radius 2 is 1.62 bits per heavy atom. The molecule has 1 atom stereocenters. The number of halogens is 3. The van der Waals surface area contributed by atoms with E-state index in [4.69, 9.17) is 33.7 Å². The maximum Gasteiger partial charge on any atom is 0.246 e. The number of ether oxygens (including phenoxy) is 1. The average molecular weight is 658 g/mol. The maximum absolute atomic E-state index is 13.9. The van der Waals surface area contributed by atoms with Crippen LogP contribution in [0.3, 0.4) is 0 Å². The number of hydrogen-bond acceptors (Lipinski definition) is 5. The summed E-state index contributed by atoms with van der Waals surface area (Å²) in [6.45, 7) is 0.0215. The van der Waals surface area contributed by atoms with Crippen molar-refractivity contribution in [1.29, 1.82) is 0 Å². The first-order chi connectivity index (χ1) is 21.5. The van der Waals surface area contributed by atoms with E-state index >= 15 is 0 Å². The van der Waals surface area contributed by atoms with Gasteiger partial charge in [0.1, 0.15) is 17.6 Å². The van der Waals surface area contributed by atoms with E-state index < -0.39 is 17.9 Å². The van der Waals surface area contributed by atoms with Crippen LogP contribution in [0, 0.1) is 5.82 Å². The SMILES string of the molecule is COc1ccc(CCN(CC(N)=O)C(=O)CC2C(=O)N(CCc3ccc(Cl)cc3Cl)CC(=O)N2CCc2ccc(F)cc2)cc1. The van der Waals surface area contributed by atoms with Crippen LogP contribution in [0.4, 0.5) is 4.39 Å². The summed E-state index contributed by atoms with van der Waals surface area (Å²) in [5.41, 5.74) is 7.92. The van der Waals surface area contributed by atoms with Gasteiger partial charge in [-0.05, 0) is 72.4 Å². The molecule has 0 spiro atoms. The number of amides is 4. The zero-order valence-electron chi connectivity index (χ0n) is 24.9.